The van der Waals surface area contributed by atoms with E-state index >= 15 is 0 Å². The van der Waals surface area contributed by atoms with Crippen molar-refractivity contribution in [3.05, 3.63) is 90.3 Å². The van der Waals surface area contributed by atoms with Crippen LogP contribution in [0.3, 0.4) is 0 Å². The quantitative estimate of drug-likeness (QED) is 0.137. The van der Waals surface area contributed by atoms with Gasteiger partial charge in [-0.3, -0.25) is 9.69 Å². The average molecular weight is 653 g/mol. The van der Waals surface area contributed by atoms with E-state index in [0.29, 0.717) is 34.1 Å². The number of alkyl halides is 3. The zero-order valence-corrected chi connectivity index (χ0v) is 26.1. The first-order chi connectivity index (χ1) is 21.7. The normalized spacial score (nSPS) is 14.3. The number of aliphatic imine (C=N–C) groups is 1. The molecule has 0 bridgehead atoms. The predicted octanol–water partition coefficient (Wildman–Crippen LogP) is 7.12. The van der Waals surface area contributed by atoms with Crippen molar-refractivity contribution < 1.29 is 22.7 Å². The number of benzene rings is 3. The second kappa shape index (κ2) is 14.7. The van der Waals surface area contributed by atoms with E-state index in [1.165, 1.54) is 47.0 Å². The van der Waals surface area contributed by atoms with Gasteiger partial charge in [-0.15, -0.1) is 18.3 Å². The number of hydrogen-bond acceptors (Lipinski definition) is 6. The van der Waals surface area contributed by atoms with Crippen LogP contribution in [0.4, 0.5) is 18.9 Å². The van der Waals surface area contributed by atoms with Crippen LogP contribution in [0.1, 0.15) is 37.3 Å². The summed E-state index contributed by atoms with van der Waals surface area (Å²) in [7, 11) is 0. The number of thiocarbonyl (C=S) groups is 1. The number of nitrogens with zero attached hydrogens (tertiary/aromatic N) is 5. The summed E-state index contributed by atoms with van der Waals surface area (Å²) in [6, 6.07) is 21.3. The minimum atomic E-state index is -4.74. The monoisotopic (exact) mass is 652 g/mol. The van der Waals surface area contributed by atoms with Gasteiger partial charge < -0.3 is 10.1 Å². The molecule has 0 aliphatic carbocycles. The highest BCUT2D eigenvalue weighted by molar-refractivity contribution is 8.15. The summed E-state index contributed by atoms with van der Waals surface area (Å²) >= 11 is 6.87. The van der Waals surface area contributed by atoms with Crippen LogP contribution in [0, 0.1) is 0 Å². The highest BCUT2D eigenvalue weighted by atomic mass is 32.2. The van der Waals surface area contributed by atoms with Gasteiger partial charge in [0, 0.05) is 12.1 Å². The fourth-order valence-corrected chi connectivity index (χ4v) is 5.97. The number of anilines is 1. The Morgan fingerprint density at radius 2 is 1.87 bits per heavy atom. The predicted molar refractivity (Wildman–Crippen MR) is 175 cm³/mol. The lowest BCUT2D eigenvalue weighted by Gasteiger charge is -2.19. The molecule has 1 amide bonds. The standard InChI is InChI=1S/C32H31F3N6O2S2/c1-2-8-23-11-3-4-13-27(23)41-28(42)20-45-31(41)38-30(44)36-18-6-5-9-22-10-7-12-24(19-22)29-37-21-40(39-29)25-14-16-26(17-15-25)43-32(33,34)35/h3-4,7,10-17,19,21H,2,5-6,8-9,18,20H2,1H3,(H,36,44)/b38-31-. The maximum atomic E-state index is 12.7. The largest absolute Gasteiger partial charge is 0.573 e. The number of hydrogen-bond donors (Lipinski definition) is 1. The first kappa shape index (κ1) is 32.2. The van der Waals surface area contributed by atoms with Gasteiger partial charge in [0.25, 0.3) is 0 Å². The lowest BCUT2D eigenvalue weighted by molar-refractivity contribution is -0.274. The van der Waals surface area contributed by atoms with Gasteiger partial charge in [-0.25, -0.2) is 9.67 Å². The van der Waals surface area contributed by atoms with Gasteiger partial charge in [0.15, 0.2) is 16.1 Å². The fourth-order valence-electron chi connectivity index (χ4n) is 4.85. The molecule has 0 saturated carbocycles. The number of aryl methyl sites for hydroxylation is 2. The summed E-state index contributed by atoms with van der Waals surface area (Å²) in [5.41, 5.74) is 4.51. The zero-order chi connectivity index (χ0) is 31.8. The Balaban J connectivity index is 1.11. The number of thioether (sulfide) groups is 1. The van der Waals surface area contributed by atoms with Crippen LogP contribution in [0.2, 0.25) is 0 Å². The summed E-state index contributed by atoms with van der Waals surface area (Å²) in [6.07, 6.45) is 1.25. The van der Waals surface area contributed by atoms with Crippen LogP contribution in [0.25, 0.3) is 17.1 Å². The summed E-state index contributed by atoms with van der Waals surface area (Å²) in [5.74, 6) is 0.547. The van der Waals surface area contributed by atoms with Gasteiger partial charge in [-0.1, -0.05) is 61.5 Å². The molecule has 1 aromatic heterocycles. The molecule has 1 aliphatic heterocycles. The van der Waals surface area contributed by atoms with E-state index in [-0.39, 0.29) is 11.7 Å². The van der Waals surface area contributed by atoms with Crippen molar-refractivity contribution in [1.29, 1.82) is 0 Å². The van der Waals surface area contributed by atoms with Crippen LogP contribution in [0.5, 0.6) is 5.75 Å². The number of para-hydroxylation sites is 1. The van der Waals surface area contributed by atoms with Crippen molar-refractivity contribution in [3.8, 4) is 22.8 Å². The van der Waals surface area contributed by atoms with E-state index in [2.05, 4.69) is 32.1 Å². The molecule has 8 nitrogen and oxygen atoms in total. The van der Waals surface area contributed by atoms with E-state index in [0.717, 1.165) is 54.5 Å². The Morgan fingerprint density at radius 1 is 1.07 bits per heavy atom. The topological polar surface area (TPSA) is 84.6 Å². The lowest BCUT2D eigenvalue weighted by Crippen LogP contribution is -2.32. The Hall–Kier alpha value is -4.23. The molecule has 0 spiro atoms. The third kappa shape index (κ3) is 8.70. The molecule has 3 aromatic carbocycles. The average Bonchev–Trinajstić information content (AvgIpc) is 3.64. The second-order valence-corrected chi connectivity index (χ2v) is 11.6. The van der Waals surface area contributed by atoms with Gasteiger partial charge in [-0.2, -0.15) is 4.99 Å². The number of halogens is 3. The molecule has 13 heteroatoms. The molecule has 1 aliphatic rings. The van der Waals surface area contributed by atoms with E-state index in [9.17, 15) is 18.0 Å². The second-order valence-electron chi connectivity index (χ2n) is 10.2. The Kier molecular flexibility index (Phi) is 10.5. The summed E-state index contributed by atoms with van der Waals surface area (Å²) in [5, 5.41) is 8.65. The van der Waals surface area contributed by atoms with Gasteiger partial charge in [0.2, 0.25) is 5.91 Å². The third-order valence-electron chi connectivity index (χ3n) is 6.89. The van der Waals surface area contributed by atoms with Gasteiger partial charge >= 0.3 is 6.36 Å². The van der Waals surface area contributed by atoms with Gasteiger partial charge in [0.1, 0.15) is 12.1 Å². The number of ether oxygens (including phenoxy) is 1. The van der Waals surface area contributed by atoms with Crippen molar-refractivity contribution in [2.45, 2.75) is 45.4 Å². The van der Waals surface area contributed by atoms with E-state index in [4.69, 9.17) is 12.2 Å². The molecular formula is C32H31F3N6O2S2. The highest BCUT2D eigenvalue weighted by Crippen LogP contribution is 2.30. The number of amidine groups is 1. The molecule has 2 heterocycles. The molecule has 0 unspecified atom stereocenters. The van der Waals surface area contributed by atoms with E-state index in [1.54, 1.807) is 4.90 Å². The maximum absolute atomic E-state index is 12.7. The Morgan fingerprint density at radius 3 is 2.64 bits per heavy atom. The number of carbonyl (C=O) groups excluding carboxylic acids is 1. The molecule has 4 aromatic rings. The van der Waals surface area contributed by atoms with Crippen molar-refractivity contribution >= 4 is 45.9 Å². The Bertz CT molecular complexity index is 1670. The van der Waals surface area contributed by atoms with Gasteiger partial charge in [-0.05, 0) is 85.4 Å². The van der Waals surface area contributed by atoms with Crippen molar-refractivity contribution in [2.75, 3.05) is 17.2 Å². The summed E-state index contributed by atoms with van der Waals surface area (Å²) < 4.78 is 42.7. The Labute approximate surface area is 268 Å². The maximum Gasteiger partial charge on any atom is 0.573 e. The van der Waals surface area contributed by atoms with E-state index in [1.807, 2.05) is 48.5 Å². The number of unbranched alkanes of at least 4 members (excludes halogenated alkanes) is 1. The molecule has 234 valence electrons. The summed E-state index contributed by atoms with van der Waals surface area (Å²) in [6.45, 7) is 2.77. The molecular weight excluding hydrogens is 622 g/mol. The van der Waals surface area contributed by atoms with E-state index < -0.39 is 6.36 Å². The van der Waals surface area contributed by atoms with Crippen LogP contribution in [-0.2, 0) is 17.6 Å². The highest BCUT2D eigenvalue weighted by Gasteiger charge is 2.32. The van der Waals surface area contributed by atoms with Crippen molar-refractivity contribution in [1.82, 2.24) is 20.1 Å². The van der Waals surface area contributed by atoms with Crippen molar-refractivity contribution in [2.24, 2.45) is 4.99 Å². The van der Waals surface area contributed by atoms with Crippen LogP contribution < -0.4 is 15.0 Å². The lowest BCUT2D eigenvalue weighted by atomic mass is 10.0. The molecule has 0 atom stereocenters. The minimum Gasteiger partial charge on any atom is -0.406 e. The van der Waals surface area contributed by atoms with Crippen molar-refractivity contribution in [3.63, 3.8) is 0 Å². The molecule has 0 radical (unpaired) electrons. The number of aromatic nitrogens is 3. The third-order valence-corrected chi connectivity index (χ3v) is 8.05. The number of amides is 1. The first-order valence-electron chi connectivity index (χ1n) is 14.5. The van der Waals surface area contributed by atoms with Gasteiger partial charge in [0.05, 0.1) is 17.1 Å². The summed E-state index contributed by atoms with van der Waals surface area (Å²) in [4.78, 5) is 23.3. The first-order valence-corrected chi connectivity index (χ1v) is 15.9. The number of carbonyl (C=O) groups is 1. The van der Waals surface area contributed by atoms with Crippen LogP contribution in [-0.4, -0.2) is 49.6 Å². The SMILES string of the molecule is CCCc1ccccc1N1C(=O)CS/C1=N\C(=S)NCCCCc1cccc(-c2ncn(-c3ccc(OC(F)(F)F)cc3)n2)c1. The molecule has 1 fully saturated rings. The number of rotatable bonds is 11. The zero-order valence-electron chi connectivity index (χ0n) is 24.5. The smallest absolute Gasteiger partial charge is 0.406 e. The minimum absolute atomic E-state index is 0.00270. The fraction of sp³-hybridized carbons (Fsp3) is 0.281. The van der Waals surface area contributed by atoms with Crippen LogP contribution >= 0.6 is 24.0 Å². The molecule has 5 rings (SSSR count). The number of nitrogens with one attached hydrogen (secondary N) is 1. The van der Waals surface area contributed by atoms with Crippen LogP contribution in [0.15, 0.2) is 84.1 Å². The molecule has 1 N–H and O–H groups in total. The molecule has 45 heavy (non-hydrogen) atoms. The molecule has 1 saturated heterocycles.